The lowest BCUT2D eigenvalue weighted by atomic mass is 10.2. The largest absolute Gasteiger partial charge is 0.493 e. The minimum absolute atomic E-state index is 0.165. The quantitative estimate of drug-likeness (QED) is 0.381. The highest BCUT2D eigenvalue weighted by molar-refractivity contribution is 5.93. The molecule has 0 spiro atoms. The summed E-state index contributed by atoms with van der Waals surface area (Å²) < 4.78 is 13.4. The molecule has 2 aromatic heterocycles. The predicted molar refractivity (Wildman–Crippen MR) is 123 cm³/mol. The molecule has 2 heterocycles. The van der Waals surface area contributed by atoms with Gasteiger partial charge >= 0.3 is 0 Å². The van der Waals surface area contributed by atoms with Gasteiger partial charge in [-0.25, -0.2) is 4.98 Å². The van der Waals surface area contributed by atoms with Crippen molar-refractivity contribution < 1.29 is 14.3 Å². The third-order valence-electron chi connectivity index (χ3n) is 5.17. The average molecular weight is 431 g/mol. The van der Waals surface area contributed by atoms with E-state index in [-0.39, 0.29) is 5.91 Å². The van der Waals surface area contributed by atoms with Gasteiger partial charge in [0.1, 0.15) is 5.82 Å². The number of methoxy groups -OCH3 is 1. The molecule has 2 aromatic carbocycles. The van der Waals surface area contributed by atoms with Crippen LogP contribution in [0.5, 0.6) is 11.5 Å². The monoisotopic (exact) mass is 430 g/mol. The van der Waals surface area contributed by atoms with Crippen LogP contribution in [0.15, 0.2) is 73.1 Å². The molecule has 0 radical (unpaired) electrons. The molecule has 0 atom stereocenters. The number of rotatable bonds is 10. The molecule has 1 N–H and O–H groups in total. The molecule has 0 aliphatic rings. The van der Waals surface area contributed by atoms with Gasteiger partial charge in [-0.05, 0) is 49.2 Å². The van der Waals surface area contributed by atoms with E-state index in [0.717, 1.165) is 47.7 Å². The van der Waals surface area contributed by atoms with E-state index in [1.807, 2.05) is 42.5 Å². The number of benzene rings is 2. The lowest BCUT2D eigenvalue weighted by Crippen LogP contribution is -2.25. The molecule has 0 fully saturated rings. The smallest absolute Gasteiger partial charge is 0.253 e. The average Bonchev–Trinajstić information content (AvgIpc) is 3.20. The van der Waals surface area contributed by atoms with Crippen molar-refractivity contribution >= 4 is 16.9 Å². The lowest BCUT2D eigenvalue weighted by molar-refractivity contribution is 0.0949. The molecule has 7 nitrogen and oxygen atoms in total. The number of ether oxygens (including phenoxy) is 2. The van der Waals surface area contributed by atoms with Crippen LogP contribution in [0, 0.1) is 0 Å². The van der Waals surface area contributed by atoms with Gasteiger partial charge < -0.3 is 19.4 Å². The summed E-state index contributed by atoms with van der Waals surface area (Å²) in [5.74, 6) is 2.15. The standard InChI is InChI=1S/C25H26N4O3/c1-31-22-12-4-5-13-23(22)32-16-7-6-15-29-21-11-3-2-10-20(21)28-24(29)18-27-25(30)19-9-8-14-26-17-19/h2-5,8-14,17H,6-7,15-16,18H2,1H3,(H,27,30). The normalized spacial score (nSPS) is 10.8. The fourth-order valence-electron chi connectivity index (χ4n) is 3.56. The number of para-hydroxylation sites is 4. The van der Waals surface area contributed by atoms with Crippen LogP contribution in [-0.4, -0.2) is 34.2 Å². The van der Waals surface area contributed by atoms with Gasteiger partial charge in [0, 0.05) is 18.9 Å². The molecular weight excluding hydrogens is 404 g/mol. The van der Waals surface area contributed by atoms with E-state index < -0.39 is 0 Å². The minimum atomic E-state index is -0.165. The van der Waals surface area contributed by atoms with Gasteiger partial charge in [0.25, 0.3) is 5.91 Å². The van der Waals surface area contributed by atoms with Crippen LogP contribution in [0.4, 0.5) is 0 Å². The van der Waals surface area contributed by atoms with Crippen LogP contribution in [-0.2, 0) is 13.1 Å². The lowest BCUT2D eigenvalue weighted by Gasteiger charge is -2.12. The molecular formula is C25H26N4O3. The Kier molecular flexibility index (Phi) is 6.97. The molecule has 0 unspecified atom stereocenters. The minimum Gasteiger partial charge on any atom is -0.493 e. The number of nitrogens with one attached hydrogen (secondary N) is 1. The maximum atomic E-state index is 12.4. The van der Waals surface area contributed by atoms with Gasteiger partial charge in [0.2, 0.25) is 0 Å². The Morgan fingerprint density at radius 2 is 1.81 bits per heavy atom. The Hall–Kier alpha value is -3.87. The number of pyridine rings is 1. The Morgan fingerprint density at radius 1 is 1.00 bits per heavy atom. The summed E-state index contributed by atoms with van der Waals surface area (Å²) in [6, 6.07) is 19.2. The Morgan fingerprint density at radius 3 is 2.62 bits per heavy atom. The van der Waals surface area contributed by atoms with Gasteiger partial charge in [0.15, 0.2) is 11.5 Å². The van der Waals surface area contributed by atoms with Crippen LogP contribution in [0.1, 0.15) is 29.0 Å². The Balaban J connectivity index is 1.37. The SMILES string of the molecule is COc1ccccc1OCCCCn1c(CNC(=O)c2cccnc2)nc2ccccc21. The van der Waals surface area contributed by atoms with Crippen molar-refractivity contribution in [3.63, 3.8) is 0 Å². The molecule has 0 aliphatic heterocycles. The van der Waals surface area contributed by atoms with Crippen LogP contribution < -0.4 is 14.8 Å². The second-order valence-corrected chi connectivity index (χ2v) is 7.30. The number of carbonyl (C=O) groups excluding carboxylic acids is 1. The van der Waals surface area contributed by atoms with Crippen molar-refractivity contribution in [2.45, 2.75) is 25.9 Å². The number of carbonyl (C=O) groups is 1. The number of unbranched alkanes of at least 4 members (excludes halogenated alkanes) is 1. The molecule has 32 heavy (non-hydrogen) atoms. The first-order chi connectivity index (χ1) is 15.8. The molecule has 0 saturated heterocycles. The molecule has 0 saturated carbocycles. The van der Waals surface area contributed by atoms with E-state index in [1.165, 1.54) is 0 Å². The van der Waals surface area contributed by atoms with Crippen molar-refractivity contribution in [2.75, 3.05) is 13.7 Å². The summed E-state index contributed by atoms with van der Waals surface area (Å²) in [5.41, 5.74) is 2.51. The van der Waals surface area contributed by atoms with E-state index in [4.69, 9.17) is 14.5 Å². The molecule has 1 amide bonds. The van der Waals surface area contributed by atoms with E-state index in [9.17, 15) is 4.79 Å². The van der Waals surface area contributed by atoms with Crippen molar-refractivity contribution in [1.82, 2.24) is 19.9 Å². The summed E-state index contributed by atoms with van der Waals surface area (Å²) >= 11 is 0. The third-order valence-corrected chi connectivity index (χ3v) is 5.17. The van der Waals surface area contributed by atoms with Gasteiger partial charge in [-0.3, -0.25) is 9.78 Å². The number of aromatic nitrogens is 3. The van der Waals surface area contributed by atoms with Gasteiger partial charge in [-0.1, -0.05) is 24.3 Å². The summed E-state index contributed by atoms with van der Waals surface area (Å²) in [7, 11) is 1.64. The number of imidazole rings is 1. The fourth-order valence-corrected chi connectivity index (χ4v) is 3.56. The number of hydrogen-bond acceptors (Lipinski definition) is 5. The molecule has 164 valence electrons. The summed E-state index contributed by atoms with van der Waals surface area (Å²) in [6.07, 6.45) is 5.00. The first-order valence-corrected chi connectivity index (χ1v) is 10.6. The Labute approximate surface area is 187 Å². The molecule has 0 aliphatic carbocycles. The van der Waals surface area contributed by atoms with E-state index >= 15 is 0 Å². The van der Waals surface area contributed by atoms with Crippen LogP contribution in [0.2, 0.25) is 0 Å². The van der Waals surface area contributed by atoms with E-state index in [2.05, 4.69) is 20.9 Å². The summed E-state index contributed by atoms with van der Waals surface area (Å²) in [4.78, 5) is 21.2. The van der Waals surface area contributed by atoms with Crippen molar-refractivity contribution in [3.8, 4) is 11.5 Å². The highest BCUT2D eigenvalue weighted by Crippen LogP contribution is 2.26. The van der Waals surface area contributed by atoms with Crippen LogP contribution in [0.25, 0.3) is 11.0 Å². The van der Waals surface area contributed by atoms with Gasteiger partial charge in [-0.2, -0.15) is 0 Å². The molecule has 4 aromatic rings. The predicted octanol–water partition coefficient (Wildman–Crippen LogP) is 4.23. The zero-order chi connectivity index (χ0) is 22.2. The zero-order valence-corrected chi connectivity index (χ0v) is 18.0. The Bertz CT molecular complexity index is 1170. The second-order valence-electron chi connectivity index (χ2n) is 7.30. The number of hydrogen-bond donors (Lipinski definition) is 1. The number of nitrogens with zero attached hydrogens (tertiary/aromatic N) is 3. The highest BCUT2D eigenvalue weighted by Gasteiger charge is 2.12. The van der Waals surface area contributed by atoms with Crippen molar-refractivity contribution in [2.24, 2.45) is 0 Å². The van der Waals surface area contributed by atoms with E-state index in [0.29, 0.717) is 18.7 Å². The van der Waals surface area contributed by atoms with Gasteiger partial charge in [-0.15, -0.1) is 0 Å². The topological polar surface area (TPSA) is 78.3 Å². The second kappa shape index (κ2) is 10.4. The summed E-state index contributed by atoms with van der Waals surface area (Å²) in [6.45, 7) is 1.73. The molecule has 4 rings (SSSR count). The summed E-state index contributed by atoms with van der Waals surface area (Å²) in [5, 5.41) is 2.95. The van der Waals surface area contributed by atoms with Crippen LogP contribution in [0.3, 0.4) is 0 Å². The molecule has 0 bridgehead atoms. The van der Waals surface area contributed by atoms with Gasteiger partial charge in [0.05, 0.1) is 36.9 Å². The zero-order valence-electron chi connectivity index (χ0n) is 18.0. The number of fused-ring (bicyclic) bond motifs is 1. The maximum Gasteiger partial charge on any atom is 0.253 e. The van der Waals surface area contributed by atoms with Crippen LogP contribution >= 0.6 is 0 Å². The number of aryl methyl sites for hydroxylation is 1. The number of amides is 1. The third kappa shape index (κ3) is 5.06. The van der Waals surface area contributed by atoms with Crippen molar-refractivity contribution in [3.05, 3.63) is 84.4 Å². The first kappa shape index (κ1) is 21.4. The highest BCUT2D eigenvalue weighted by atomic mass is 16.5. The van der Waals surface area contributed by atoms with E-state index in [1.54, 1.807) is 31.6 Å². The van der Waals surface area contributed by atoms with Crippen molar-refractivity contribution in [1.29, 1.82) is 0 Å². The first-order valence-electron chi connectivity index (χ1n) is 10.6. The molecule has 7 heteroatoms. The maximum absolute atomic E-state index is 12.4. The fraction of sp³-hybridized carbons (Fsp3) is 0.240.